The quantitative estimate of drug-likeness (QED) is 0.887. The maximum atomic E-state index is 10.2. The molecule has 0 bridgehead atoms. The number of hydrogen-bond acceptors (Lipinski definition) is 3. The van der Waals surface area contributed by atoms with Gasteiger partial charge in [0.25, 0.3) is 0 Å². The highest BCUT2D eigenvalue weighted by Crippen LogP contribution is 2.38. The molecule has 100 valence electrons. The molecular formula is C14H20ClNO2. The zero-order valence-electron chi connectivity index (χ0n) is 10.9. The van der Waals surface area contributed by atoms with Crippen LogP contribution < -0.4 is 10.1 Å². The molecule has 0 aliphatic carbocycles. The van der Waals surface area contributed by atoms with Crippen molar-refractivity contribution in [3.8, 4) is 11.5 Å². The van der Waals surface area contributed by atoms with Gasteiger partial charge >= 0.3 is 0 Å². The molecule has 1 aromatic rings. The van der Waals surface area contributed by atoms with Crippen LogP contribution in [0.3, 0.4) is 0 Å². The number of rotatable bonds is 3. The second-order valence-electron chi connectivity index (χ2n) is 4.94. The molecule has 1 atom stereocenters. The minimum Gasteiger partial charge on any atom is -0.507 e. The number of hydrogen-bond donors (Lipinski definition) is 2. The third-order valence-corrected chi connectivity index (χ3v) is 3.91. The Hall–Kier alpha value is -0.930. The van der Waals surface area contributed by atoms with E-state index in [-0.39, 0.29) is 0 Å². The third-order valence-electron chi connectivity index (χ3n) is 3.63. The van der Waals surface area contributed by atoms with Gasteiger partial charge in [-0.2, -0.15) is 0 Å². The van der Waals surface area contributed by atoms with Gasteiger partial charge in [-0.05, 0) is 56.8 Å². The van der Waals surface area contributed by atoms with Crippen molar-refractivity contribution in [1.29, 1.82) is 0 Å². The zero-order valence-corrected chi connectivity index (χ0v) is 11.7. The molecule has 0 amide bonds. The molecule has 1 aliphatic heterocycles. The lowest BCUT2D eigenvalue weighted by atomic mass is 9.91. The molecule has 2 rings (SSSR count). The maximum absolute atomic E-state index is 10.2. The molecule has 1 aliphatic rings. The average Bonchev–Trinajstić information content (AvgIpc) is 2.37. The second-order valence-corrected chi connectivity index (χ2v) is 5.35. The van der Waals surface area contributed by atoms with Crippen molar-refractivity contribution >= 4 is 11.6 Å². The third kappa shape index (κ3) is 2.73. The Bertz CT molecular complexity index is 428. The normalized spacial score (nSPS) is 19.8. The van der Waals surface area contributed by atoms with Gasteiger partial charge in [-0.25, -0.2) is 0 Å². The van der Waals surface area contributed by atoms with E-state index in [9.17, 15) is 5.11 Å². The van der Waals surface area contributed by atoms with Crippen LogP contribution in [0.15, 0.2) is 6.07 Å². The van der Waals surface area contributed by atoms with Crippen molar-refractivity contribution in [2.24, 2.45) is 5.92 Å². The SMILES string of the molecule is COc1c(Cl)cc(CC2CCCNC2)c(O)c1C. The first kappa shape index (κ1) is 13.5. The van der Waals surface area contributed by atoms with E-state index in [1.54, 1.807) is 7.11 Å². The summed E-state index contributed by atoms with van der Waals surface area (Å²) in [5.74, 6) is 1.47. The number of phenols is 1. The summed E-state index contributed by atoms with van der Waals surface area (Å²) in [5, 5.41) is 14.2. The van der Waals surface area contributed by atoms with E-state index in [2.05, 4.69) is 5.32 Å². The number of nitrogens with one attached hydrogen (secondary N) is 1. The summed E-state index contributed by atoms with van der Waals surface area (Å²) in [6.07, 6.45) is 3.27. The minimum absolute atomic E-state index is 0.321. The summed E-state index contributed by atoms with van der Waals surface area (Å²) in [5.41, 5.74) is 1.65. The van der Waals surface area contributed by atoms with Crippen molar-refractivity contribution in [2.45, 2.75) is 26.2 Å². The Morgan fingerprint density at radius 1 is 1.56 bits per heavy atom. The average molecular weight is 270 g/mol. The van der Waals surface area contributed by atoms with E-state index in [4.69, 9.17) is 16.3 Å². The predicted molar refractivity (Wildman–Crippen MR) is 73.7 cm³/mol. The van der Waals surface area contributed by atoms with E-state index in [0.29, 0.717) is 22.4 Å². The summed E-state index contributed by atoms with van der Waals surface area (Å²) in [6, 6.07) is 1.83. The first-order valence-electron chi connectivity index (χ1n) is 6.39. The molecule has 0 radical (unpaired) electrons. The van der Waals surface area contributed by atoms with Crippen molar-refractivity contribution in [3.05, 3.63) is 22.2 Å². The maximum Gasteiger partial charge on any atom is 0.144 e. The number of ether oxygens (including phenoxy) is 1. The van der Waals surface area contributed by atoms with Gasteiger partial charge in [-0.1, -0.05) is 11.6 Å². The van der Waals surface area contributed by atoms with Crippen molar-refractivity contribution in [2.75, 3.05) is 20.2 Å². The van der Waals surface area contributed by atoms with Crippen LogP contribution in [0.25, 0.3) is 0 Å². The lowest BCUT2D eigenvalue weighted by molar-refractivity contribution is 0.367. The first-order valence-corrected chi connectivity index (χ1v) is 6.77. The summed E-state index contributed by atoms with van der Waals surface area (Å²) in [7, 11) is 1.57. The Labute approximate surface area is 113 Å². The van der Waals surface area contributed by atoms with Crippen LogP contribution in [-0.2, 0) is 6.42 Å². The van der Waals surface area contributed by atoms with Crippen molar-refractivity contribution in [3.63, 3.8) is 0 Å². The Balaban J connectivity index is 2.22. The standard InChI is InChI=1S/C14H20ClNO2/c1-9-13(17)11(7-12(15)14(9)18-2)6-10-4-3-5-16-8-10/h7,10,16-17H,3-6,8H2,1-2H3. The number of halogens is 1. The summed E-state index contributed by atoms with van der Waals surface area (Å²) in [4.78, 5) is 0. The van der Waals surface area contributed by atoms with Crippen molar-refractivity contribution in [1.82, 2.24) is 5.32 Å². The van der Waals surface area contributed by atoms with E-state index in [0.717, 1.165) is 30.6 Å². The largest absolute Gasteiger partial charge is 0.507 e. The molecule has 0 spiro atoms. The minimum atomic E-state index is 0.321. The number of piperidine rings is 1. The Morgan fingerprint density at radius 3 is 2.94 bits per heavy atom. The summed E-state index contributed by atoms with van der Waals surface area (Å²) < 4.78 is 5.20. The molecule has 4 heteroatoms. The van der Waals surface area contributed by atoms with Gasteiger partial charge in [-0.3, -0.25) is 0 Å². The zero-order chi connectivity index (χ0) is 13.1. The van der Waals surface area contributed by atoms with Gasteiger partial charge in [-0.15, -0.1) is 0 Å². The number of phenolic OH excluding ortho intramolecular Hbond substituents is 1. The number of aromatic hydroxyl groups is 1. The molecule has 1 aromatic carbocycles. The lowest BCUT2D eigenvalue weighted by Gasteiger charge is -2.23. The molecule has 0 aromatic heterocycles. The van der Waals surface area contributed by atoms with E-state index in [1.807, 2.05) is 13.0 Å². The lowest BCUT2D eigenvalue weighted by Crippen LogP contribution is -2.30. The molecule has 0 saturated carbocycles. The van der Waals surface area contributed by atoms with Gasteiger partial charge in [0.05, 0.1) is 12.1 Å². The van der Waals surface area contributed by atoms with E-state index < -0.39 is 0 Å². The smallest absolute Gasteiger partial charge is 0.144 e. The number of benzene rings is 1. The highest BCUT2D eigenvalue weighted by molar-refractivity contribution is 6.32. The Morgan fingerprint density at radius 2 is 2.33 bits per heavy atom. The fourth-order valence-corrected chi connectivity index (χ4v) is 2.98. The first-order chi connectivity index (χ1) is 8.63. The van der Waals surface area contributed by atoms with Crippen molar-refractivity contribution < 1.29 is 9.84 Å². The second kappa shape index (κ2) is 5.81. The van der Waals surface area contributed by atoms with Gasteiger partial charge in [0, 0.05) is 5.56 Å². The molecule has 1 saturated heterocycles. The van der Waals surface area contributed by atoms with Crippen LogP contribution in [0.5, 0.6) is 11.5 Å². The monoisotopic (exact) mass is 269 g/mol. The predicted octanol–water partition coefficient (Wildman–Crippen LogP) is 2.90. The van der Waals surface area contributed by atoms with Gasteiger partial charge < -0.3 is 15.2 Å². The molecule has 18 heavy (non-hydrogen) atoms. The molecule has 1 heterocycles. The molecule has 2 N–H and O–H groups in total. The van der Waals surface area contributed by atoms with Gasteiger partial charge in [0.15, 0.2) is 0 Å². The van der Waals surface area contributed by atoms with Crippen LogP contribution in [-0.4, -0.2) is 25.3 Å². The van der Waals surface area contributed by atoms with Crippen LogP contribution in [0.1, 0.15) is 24.0 Å². The molecule has 1 unspecified atom stereocenters. The van der Waals surface area contributed by atoms with E-state index >= 15 is 0 Å². The number of methoxy groups -OCH3 is 1. The molecule has 1 fully saturated rings. The van der Waals surface area contributed by atoms with Crippen LogP contribution >= 0.6 is 11.6 Å². The highest BCUT2D eigenvalue weighted by Gasteiger charge is 2.19. The fraction of sp³-hybridized carbons (Fsp3) is 0.571. The van der Waals surface area contributed by atoms with Crippen LogP contribution in [0.4, 0.5) is 0 Å². The van der Waals surface area contributed by atoms with Gasteiger partial charge in [0.1, 0.15) is 11.5 Å². The fourth-order valence-electron chi connectivity index (χ4n) is 2.63. The van der Waals surface area contributed by atoms with Gasteiger partial charge in [0.2, 0.25) is 0 Å². The van der Waals surface area contributed by atoms with E-state index in [1.165, 1.54) is 12.8 Å². The topological polar surface area (TPSA) is 41.5 Å². The molecular weight excluding hydrogens is 250 g/mol. The Kier molecular flexibility index (Phi) is 4.36. The molecule has 3 nitrogen and oxygen atoms in total. The van der Waals surface area contributed by atoms with Crippen LogP contribution in [0, 0.1) is 12.8 Å². The summed E-state index contributed by atoms with van der Waals surface area (Å²) in [6.45, 7) is 3.95. The van der Waals surface area contributed by atoms with Crippen LogP contribution in [0.2, 0.25) is 5.02 Å². The highest BCUT2D eigenvalue weighted by atomic mass is 35.5. The summed E-state index contributed by atoms with van der Waals surface area (Å²) >= 11 is 6.17.